The van der Waals surface area contributed by atoms with E-state index in [0.29, 0.717) is 11.1 Å². The van der Waals surface area contributed by atoms with Crippen LogP contribution >= 0.6 is 0 Å². The first-order valence-electron chi connectivity index (χ1n) is 4.62. The van der Waals surface area contributed by atoms with Gasteiger partial charge >= 0.3 is 6.18 Å². The van der Waals surface area contributed by atoms with Crippen LogP contribution in [0.2, 0.25) is 0 Å². The molecule has 6 heteroatoms. The maximum absolute atomic E-state index is 12.9. The lowest BCUT2D eigenvalue weighted by Crippen LogP contribution is -2.10. The summed E-state index contributed by atoms with van der Waals surface area (Å²) in [4.78, 5) is 6.39. The Morgan fingerprint density at radius 3 is 2.12 bits per heavy atom. The van der Waals surface area contributed by atoms with Gasteiger partial charge in [-0.05, 0) is 17.7 Å². The Hall–Kier alpha value is -1.98. The predicted octanol–water partition coefficient (Wildman–Crippen LogP) is 3.30. The maximum atomic E-state index is 12.9. The zero-order valence-electron chi connectivity index (χ0n) is 8.37. The van der Waals surface area contributed by atoms with Gasteiger partial charge in [-0.1, -0.05) is 12.1 Å². The van der Waals surface area contributed by atoms with Crippen molar-refractivity contribution >= 4 is 0 Å². The van der Waals surface area contributed by atoms with Gasteiger partial charge in [0.2, 0.25) is 5.82 Å². The molecular weight excluding hydrogens is 236 g/mol. The highest BCUT2D eigenvalue weighted by atomic mass is 19.4. The number of halogens is 4. The number of aromatic nitrogens is 2. The van der Waals surface area contributed by atoms with E-state index in [1.807, 2.05) is 0 Å². The van der Waals surface area contributed by atoms with Crippen molar-refractivity contribution in [2.45, 2.75) is 6.18 Å². The van der Waals surface area contributed by atoms with E-state index in [4.69, 9.17) is 0 Å². The van der Waals surface area contributed by atoms with Crippen LogP contribution < -0.4 is 0 Å². The Morgan fingerprint density at radius 2 is 1.59 bits per heavy atom. The number of alkyl halides is 3. The first-order valence-corrected chi connectivity index (χ1v) is 4.62. The molecule has 1 heterocycles. The molecular formula is C11H6F4N2. The van der Waals surface area contributed by atoms with Crippen LogP contribution in [0.3, 0.4) is 0 Å². The minimum atomic E-state index is -4.57. The molecule has 0 fully saturated rings. The molecule has 2 aromatic rings. The van der Waals surface area contributed by atoms with Crippen LogP contribution in [0, 0.1) is 5.82 Å². The van der Waals surface area contributed by atoms with Crippen LogP contribution in [0.1, 0.15) is 5.82 Å². The van der Waals surface area contributed by atoms with Gasteiger partial charge in [0.1, 0.15) is 5.82 Å². The first-order chi connectivity index (χ1) is 7.97. The number of hydrogen-bond donors (Lipinski definition) is 0. The van der Waals surface area contributed by atoms with Gasteiger partial charge in [-0.2, -0.15) is 13.2 Å². The maximum Gasteiger partial charge on any atom is 0.451 e. The van der Waals surface area contributed by atoms with Crippen LogP contribution in [0.5, 0.6) is 0 Å². The van der Waals surface area contributed by atoms with Crippen LogP contribution in [-0.2, 0) is 6.18 Å². The molecule has 0 aliphatic carbocycles. The van der Waals surface area contributed by atoms with Crippen molar-refractivity contribution in [1.82, 2.24) is 9.97 Å². The standard InChI is InChI=1S/C11H6F4N2/c12-9-3-1-2-7(4-9)8-5-16-10(17-6-8)11(13,14)15/h1-6H. The van der Waals surface area contributed by atoms with E-state index in [9.17, 15) is 17.6 Å². The lowest BCUT2D eigenvalue weighted by atomic mass is 10.1. The van der Waals surface area contributed by atoms with E-state index >= 15 is 0 Å². The molecule has 0 N–H and O–H groups in total. The summed E-state index contributed by atoms with van der Waals surface area (Å²) in [5.41, 5.74) is 0.760. The number of hydrogen-bond acceptors (Lipinski definition) is 2. The first kappa shape index (κ1) is 11.5. The van der Waals surface area contributed by atoms with E-state index in [1.165, 1.54) is 18.2 Å². The van der Waals surface area contributed by atoms with Gasteiger partial charge in [-0.25, -0.2) is 14.4 Å². The van der Waals surface area contributed by atoms with Crippen LogP contribution in [0.15, 0.2) is 36.7 Å². The van der Waals surface area contributed by atoms with Crippen molar-refractivity contribution in [3.63, 3.8) is 0 Å². The Kier molecular flexibility index (Phi) is 2.79. The molecule has 0 unspecified atom stereocenters. The van der Waals surface area contributed by atoms with Gasteiger partial charge < -0.3 is 0 Å². The molecule has 0 aliphatic heterocycles. The summed E-state index contributed by atoms with van der Waals surface area (Å²) in [6.07, 6.45) is -2.53. The largest absolute Gasteiger partial charge is 0.451 e. The summed E-state index contributed by atoms with van der Waals surface area (Å²) in [6, 6.07) is 5.47. The minimum Gasteiger partial charge on any atom is -0.232 e. The zero-order valence-corrected chi connectivity index (χ0v) is 8.37. The second kappa shape index (κ2) is 4.12. The van der Waals surface area contributed by atoms with E-state index in [-0.39, 0.29) is 0 Å². The lowest BCUT2D eigenvalue weighted by molar-refractivity contribution is -0.144. The third kappa shape index (κ3) is 2.58. The van der Waals surface area contributed by atoms with Gasteiger partial charge in [0.05, 0.1) is 0 Å². The average Bonchev–Trinajstić information content (AvgIpc) is 2.28. The van der Waals surface area contributed by atoms with E-state index in [2.05, 4.69) is 9.97 Å². The van der Waals surface area contributed by atoms with E-state index in [1.54, 1.807) is 6.07 Å². The molecule has 0 saturated carbocycles. The quantitative estimate of drug-likeness (QED) is 0.717. The van der Waals surface area contributed by atoms with Crippen LogP contribution in [-0.4, -0.2) is 9.97 Å². The Morgan fingerprint density at radius 1 is 0.941 bits per heavy atom. The topological polar surface area (TPSA) is 25.8 Å². The molecule has 0 saturated heterocycles. The summed E-state index contributed by atoms with van der Waals surface area (Å²) >= 11 is 0. The second-order valence-corrected chi connectivity index (χ2v) is 3.30. The summed E-state index contributed by atoms with van der Waals surface area (Å²) in [5.74, 6) is -1.68. The summed E-state index contributed by atoms with van der Waals surface area (Å²) in [6.45, 7) is 0. The number of rotatable bonds is 1. The highest BCUT2D eigenvalue weighted by Crippen LogP contribution is 2.27. The van der Waals surface area contributed by atoms with Crippen molar-refractivity contribution in [1.29, 1.82) is 0 Å². The molecule has 0 spiro atoms. The Labute approximate surface area is 94.0 Å². The van der Waals surface area contributed by atoms with Crippen molar-refractivity contribution in [3.05, 3.63) is 48.3 Å². The molecule has 1 aromatic heterocycles. The molecule has 2 nitrogen and oxygen atoms in total. The van der Waals surface area contributed by atoms with Crippen molar-refractivity contribution in [3.8, 4) is 11.1 Å². The molecule has 17 heavy (non-hydrogen) atoms. The molecule has 0 aliphatic rings. The van der Waals surface area contributed by atoms with Gasteiger partial charge in [0.25, 0.3) is 0 Å². The monoisotopic (exact) mass is 242 g/mol. The highest BCUT2D eigenvalue weighted by molar-refractivity contribution is 5.61. The van der Waals surface area contributed by atoms with Crippen molar-refractivity contribution in [2.24, 2.45) is 0 Å². The normalized spacial score (nSPS) is 11.5. The fourth-order valence-electron chi connectivity index (χ4n) is 1.29. The third-order valence-electron chi connectivity index (χ3n) is 2.06. The summed E-state index contributed by atoms with van der Waals surface area (Å²) in [7, 11) is 0. The number of nitrogens with zero attached hydrogens (tertiary/aromatic N) is 2. The van der Waals surface area contributed by atoms with Gasteiger partial charge in [0.15, 0.2) is 0 Å². The summed E-state index contributed by atoms with van der Waals surface area (Å²) < 4.78 is 49.5. The Bertz CT molecular complexity index is 520. The second-order valence-electron chi connectivity index (χ2n) is 3.30. The van der Waals surface area contributed by atoms with Crippen molar-refractivity contribution < 1.29 is 17.6 Å². The smallest absolute Gasteiger partial charge is 0.232 e. The molecule has 1 aromatic carbocycles. The van der Waals surface area contributed by atoms with Crippen molar-refractivity contribution in [2.75, 3.05) is 0 Å². The number of benzene rings is 1. The van der Waals surface area contributed by atoms with E-state index in [0.717, 1.165) is 12.4 Å². The fourth-order valence-corrected chi connectivity index (χ4v) is 1.29. The zero-order chi connectivity index (χ0) is 12.5. The molecule has 88 valence electrons. The molecule has 2 rings (SSSR count). The van der Waals surface area contributed by atoms with Gasteiger partial charge in [-0.15, -0.1) is 0 Å². The van der Waals surface area contributed by atoms with Gasteiger partial charge in [-0.3, -0.25) is 0 Å². The van der Waals surface area contributed by atoms with Crippen LogP contribution in [0.25, 0.3) is 11.1 Å². The third-order valence-corrected chi connectivity index (χ3v) is 2.06. The molecule has 0 bridgehead atoms. The summed E-state index contributed by atoms with van der Waals surface area (Å²) in [5, 5.41) is 0. The molecule has 0 amide bonds. The van der Waals surface area contributed by atoms with Gasteiger partial charge in [0, 0.05) is 18.0 Å². The lowest BCUT2D eigenvalue weighted by Gasteiger charge is -2.05. The molecule has 0 atom stereocenters. The SMILES string of the molecule is Fc1cccc(-c2cnc(C(F)(F)F)nc2)c1. The molecule has 0 radical (unpaired) electrons. The fraction of sp³-hybridized carbons (Fsp3) is 0.0909. The predicted molar refractivity (Wildman–Crippen MR) is 52.4 cm³/mol. The Balaban J connectivity index is 2.36. The minimum absolute atomic E-state index is 0.331. The average molecular weight is 242 g/mol. The van der Waals surface area contributed by atoms with E-state index < -0.39 is 17.8 Å². The highest BCUT2D eigenvalue weighted by Gasteiger charge is 2.34. The van der Waals surface area contributed by atoms with Crippen LogP contribution in [0.4, 0.5) is 17.6 Å².